The first kappa shape index (κ1) is 19.2. The Bertz CT molecular complexity index is 741. The number of hydrogen-bond acceptors (Lipinski definition) is 3. The summed E-state index contributed by atoms with van der Waals surface area (Å²) in [6.45, 7) is 2.26. The lowest BCUT2D eigenvalue weighted by Gasteiger charge is -2.09. The molecule has 1 heterocycles. The maximum Gasteiger partial charge on any atom is 0.417 e. The van der Waals surface area contributed by atoms with Gasteiger partial charge in [-0.05, 0) is 29.7 Å². The average molecular weight is 375 g/mol. The molecule has 0 bridgehead atoms. The van der Waals surface area contributed by atoms with Crippen molar-refractivity contribution in [3.8, 4) is 11.5 Å². The Balaban J connectivity index is 1.49. The van der Waals surface area contributed by atoms with Crippen LogP contribution in [0, 0.1) is 0 Å². The Morgan fingerprint density at radius 3 is 2.23 bits per heavy atom. The SMILES string of the molecule is CCCCCCCCCCCCc1c2c(cc3ccccc13)OS(=O)O2. The normalized spacial score (nSPS) is 15.7. The number of fused-ring (bicyclic) bond motifs is 2. The lowest BCUT2D eigenvalue weighted by atomic mass is 9.97. The van der Waals surface area contributed by atoms with Gasteiger partial charge in [0.15, 0.2) is 11.5 Å². The fraction of sp³-hybridized carbons (Fsp3) is 0.545. The Hall–Kier alpha value is -1.55. The molecule has 1 unspecified atom stereocenters. The molecular weight excluding hydrogens is 344 g/mol. The van der Waals surface area contributed by atoms with Gasteiger partial charge in [-0.1, -0.05) is 89.0 Å². The van der Waals surface area contributed by atoms with Crippen molar-refractivity contribution in [2.45, 2.75) is 77.6 Å². The van der Waals surface area contributed by atoms with Crippen molar-refractivity contribution in [3.63, 3.8) is 0 Å². The van der Waals surface area contributed by atoms with Crippen LogP contribution in [-0.2, 0) is 17.8 Å². The molecule has 3 rings (SSSR count). The van der Waals surface area contributed by atoms with Crippen molar-refractivity contribution >= 4 is 22.1 Å². The largest absolute Gasteiger partial charge is 0.417 e. The first-order valence-electron chi connectivity index (χ1n) is 10.1. The lowest BCUT2D eigenvalue weighted by Crippen LogP contribution is -1.98. The molecule has 0 spiro atoms. The summed E-state index contributed by atoms with van der Waals surface area (Å²) >= 11 is -1.69. The van der Waals surface area contributed by atoms with E-state index in [1.807, 2.05) is 18.2 Å². The van der Waals surface area contributed by atoms with E-state index in [4.69, 9.17) is 8.37 Å². The van der Waals surface area contributed by atoms with Crippen LogP contribution < -0.4 is 8.37 Å². The molecule has 2 aromatic rings. The number of hydrogen-bond donors (Lipinski definition) is 0. The van der Waals surface area contributed by atoms with Gasteiger partial charge in [0.1, 0.15) is 0 Å². The highest BCUT2D eigenvalue weighted by Gasteiger charge is 2.26. The van der Waals surface area contributed by atoms with E-state index >= 15 is 0 Å². The molecule has 0 N–H and O–H groups in total. The predicted molar refractivity (Wildman–Crippen MR) is 109 cm³/mol. The lowest BCUT2D eigenvalue weighted by molar-refractivity contribution is 0.518. The second-order valence-corrected chi connectivity index (χ2v) is 7.95. The van der Waals surface area contributed by atoms with E-state index in [1.54, 1.807) is 0 Å². The Labute approximate surface area is 160 Å². The average Bonchev–Trinajstić information content (AvgIpc) is 3.02. The van der Waals surface area contributed by atoms with Crippen LogP contribution in [0.4, 0.5) is 0 Å². The first-order valence-corrected chi connectivity index (χ1v) is 11.1. The Morgan fingerprint density at radius 2 is 1.50 bits per heavy atom. The first-order chi connectivity index (χ1) is 12.8. The predicted octanol–water partition coefficient (Wildman–Crippen LogP) is 6.65. The highest BCUT2D eigenvalue weighted by atomic mass is 32.2. The summed E-state index contributed by atoms with van der Waals surface area (Å²) in [5, 5.41) is 2.31. The summed E-state index contributed by atoms with van der Waals surface area (Å²) in [4.78, 5) is 0. The van der Waals surface area contributed by atoms with Gasteiger partial charge in [-0.2, -0.15) is 4.21 Å². The molecule has 4 heteroatoms. The molecule has 0 amide bonds. The van der Waals surface area contributed by atoms with Crippen LogP contribution in [0.3, 0.4) is 0 Å². The molecular formula is C22H30O3S. The second kappa shape index (κ2) is 9.96. The molecule has 0 saturated carbocycles. The Kier molecular flexibility index (Phi) is 7.36. The van der Waals surface area contributed by atoms with Crippen molar-refractivity contribution < 1.29 is 12.6 Å². The van der Waals surface area contributed by atoms with Gasteiger partial charge in [0, 0.05) is 5.56 Å². The molecule has 142 valence electrons. The summed E-state index contributed by atoms with van der Waals surface area (Å²) in [5.74, 6) is 1.29. The number of benzene rings is 2. The molecule has 3 nitrogen and oxygen atoms in total. The van der Waals surface area contributed by atoms with E-state index in [0.717, 1.165) is 23.8 Å². The monoisotopic (exact) mass is 374 g/mol. The fourth-order valence-corrected chi connectivity index (χ4v) is 4.35. The summed E-state index contributed by atoms with van der Waals surface area (Å²) < 4.78 is 22.4. The van der Waals surface area contributed by atoms with E-state index in [0.29, 0.717) is 11.5 Å². The van der Waals surface area contributed by atoms with Crippen LogP contribution in [-0.4, -0.2) is 4.21 Å². The molecule has 1 atom stereocenters. The highest BCUT2D eigenvalue weighted by molar-refractivity contribution is 7.76. The molecule has 0 radical (unpaired) electrons. The summed E-state index contributed by atoms with van der Waals surface area (Å²) in [6, 6.07) is 10.2. The summed E-state index contributed by atoms with van der Waals surface area (Å²) in [6.07, 6.45) is 14.2. The number of aryl methyl sites for hydroxylation is 1. The molecule has 1 aliphatic rings. The molecule has 0 saturated heterocycles. The quantitative estimate of drug-likeness (QED) is 0.413. The van der Waals surface area contributed by atoms with E-state index in [1.165, 1.54) is 63.2 Å². The zero-order valence-electron chi connectivity index (χ0n) is 15.8. The number of rotatable bonds is 11. The summed E-state index contributed by atoms with van der Waals surface area (Å²) in [7, 11) is 0. The van der Waals surface area contributed by atoms with Gasteiger partial charge >= 0.3 is 11.4 Å². The van der Waals surface area contributed by atoms with Crippen molar-refractivity contribution in [1.29, 1.82) is 0 Å². The fourth-order valence-electron chi connectivity index (χ4n) is 3.72. The van der Waals surface area contributed by atoms with Gasteiger partial charge in [0.05, 0.1) is 0 Å². The van der Waals surface area contributed by atoms with Crippen LogP contribution in [0.15, 0.2) is 30.3 Å². The van der Waals surface area contributed by atoms with E-state index in [-0.39, 0.29) is 0 Å². The summed E-state index contributed by atoms with van der Waals surface area (Å²) in [5.41, 5.74) is 1.14. The zero-order chi connectivity index (χ0) is 18.2. The van der Waals surface area contributed by atoms with Gasteiger partial charge in [-0.3, -0.25) is 0 Å². The highest BCUT2D eigenvalue weighted by Crippen LogP contribution is 2.42. The molecule has 0 aromatic heterocycles. The van der Waals surface area contributed by atoms with Crippen molar-refractivity contribution in [3.05, 3.63) is 35.9 Å². The third-order valence-electron chi connectivity index (χ3n) is 5.16. The van der Waals surface area contributed by atoms with Crippen molar-refractivity contribution in [2.24, 2.45) is 0 Å². The van der Waals surface area contributed by atoms with Gasteiger partial charge in [0.2, 0.25) is 0 Å². The minimum Gasteiger partial charge on any atom is -0.367 e. The third-order valence-corrected chi connectivity index (χ3v) is 5.78. The standard InChI is InChI=1S/C22H30O3S/c1-2-3-4-5-6-7-8-9-10-11-16-20-19-15-13-12-14-18(19)17-21-22(20)25-26(23)24-21/h12-15,17H,2-11,16H2,1H3. The van der Waals surface area contributed by atoms with E-state index in [9.17, 15) is 4.21 Å². The Morgan fingerprint density at radius 1 is 0.846 bits per heavy atom. The van der Waals surface area contributed by atoms with Crippen LogP contribution in [0.5, 0.6) is 11.5 Å². The minimum atomic E-state index is -1.69. The second-order valence-electron chi connectivity index (χ2n) is 7.21. The maximum absolute atomic E-state index is 11.6. The van der Waals surface area contributed by atoms with Gasteiger partial charge in [-0.25, -0.2) is 0 Å². The van der Waals surface area contributed by atoms with E-state index < -0.39 is 11.4 Å². The maximum atomic E-state index is 11.6. The molecule has 26 heavy (non-hydrogen) atoms. The minimum absolute atomic E-state index is 0.615. The van der Waals surface area contributed by atoms with Crippen LogP contribution in [0.25, 0.3) is 10.8 Å². The van der Waals surface area contributed by atoms with Crippen molar-refractivity contribution in [2.75, 3.05) is 0 Å². The van der Waals surface area contributed by atoms with Crippen LogP contribution in [0.2, 0.25) is 0 Å². The van der Waals surface area contributed by atoms with E-state index in [2.05, 4.69) is 19.1 Å². The topological polar surface area (TPSA) is 35.5 Å². The van der Waals surface area contributed by atoms with Gasteiger partial charge in [0.25, 0.3) is 0 Å². The van der Waals surface area contributed by atoms with Gasteiger partial charge in [-0.15, -0.1) is 0 Å². The van der Waals surface area contributed by atoms with Crippen LogP contribution >= 0.6 is 0 Å². The van der Waals surface area contributed by atoms with Crippen molar-refractivity contribution in [1.82, 2.24) is 0 Å². The third kappa shape index (κ3) is 5.00. The molecule has 1 aliphatic heterocycles. The number of unbranched alkanes of at least 4 members (excludes halogenated alkanes) is 9. The molecule has 0 aliphatic carbocycles. The smallest absolute Gasteiger partial charge is 0.367 e. The van der Waals surface area contributed by atoms with Crippen LogP contribution in [0.1, 0.15) is 76.7 Å². The zero-order valence-corrected chi connectivity index (χ0v) is 16.6. The molecule has 2 aromatic carbocycles. The molecule has 0 fully saturated rings. The van der Waals surface area contributed by atoms with Gasteiger partial charge < -0.3 is 8.37 Å².